The molecule has 0 radical (unpaired) electrons. The molecule has 2 aliphatic rings. The van der Waals surface area contributed by atoms with Crippen LogP contribution in [0.3, 0.4) is 0 Å². The number of para-hydroxylation sites is 1. The van der Waals surface area contributed by atoms with Crippen LogP contribution in [0.4, 0.5) is 11.4 Å². The average molecular weight is 435 g/mol. The molecule has 1 saturated heterocycles. The Morgan fingerprint density at radius 2 is 1.81 bits per heavy atom. The van der Waals surface area contributed by atoms with Crippen LogP contribution in [0.25, 0.3) is 0 Å². The predicted octanol–water partition coefficient (Wildman–Crippen LogP) is 2.84. The summed E-state index contributed by atoms with van der Waals surface area (Å²) < 4.78 is 4.96. The lowest BCUT2D eigenvalue weighted by Gasteiger charge is -2.34. The number of piperidine rings is 1. The number of rotatable bonds is 5. The quantitative estimate of drug-likeness (QED) is 0.729. The van der Waals surface area contributed by atoms with Gasteiger partial charge in [0.25, 0.3) is 5.91 Å². The van der Waals surface area contributed by atoms with E-state index in [4.69, 9.17) is 4.74 Å². The third-order valence-corrected chi connectivity index (χ3v) is 5.72. The highest BCUT2D eigenvalue weighted by Crippen LogP contribution is 2.31. The van der Waals surface area contributed by atoms with E-state index >= 15 is 0 Å². The normalized spacial score (nSPS) is 17.8. The molecule has 32 heavy (non-hydrogen) atoms. The summed E-state index contributed by atoms with van der Waals surface area (Å²) >= 11 is 0. The van der Waals surface area contributed by atoms with Crippen molar-refractivity contribution in [2.24, 2.45) is 0 Å². The molecule has 2 aromatic carbocycles. The minimum atomic E-state index is -0.555. The second-order valence-electron chi connectivity index (χ2n) is 7.80. The summed E-state index contributed by atoms with van der Waals surface area (Å²) in [4.78, 5) is 54.1. The maximum Gasteiger partial charge on any atom is 0.338 e. The number of carbonyl (C=O) groups excluding carboxylic acids is 4. The van der Waals surface area contributed by atoms with Crippen molar-refractivity contribution in [3.8, 4) is 0 Å². The third kappa shape index (κ3) is 4.21. The topological polar surface area (TPSA) is 96.0 Å². The number of nitrogens with one attached hydrogen (secondary N) is 1. The fourth-order valence-corrected chi connectivity index (χ4v) is 4.19. The minimum Gasteiger partial charge on any atom is -0.462 e. The molecule has 2 aromatic rings. The van der Waals surface area contributed by atoms with Crippen LogP contribution in [0, 0.1) is 0 Å². The molecule has 0 aromatic heterocycles. The summed E-state index contributed by atoms with van der Waals surface area (Å²) in [6, 6.07) is 12.7. The summed E-state index contributed by atoms with van der Waals surface area (Å²) in [7, 11) is 0. The van der Waals surface area contributed by atoms with Gasteiger partial charge in [0.15, 0.2) is 0 Å². The van der Waals surface area contributed by atoms with Gasteiger partial charge in [0.2, 0.25) is 11.8 Å². The molecule has 0 unspecified atom stereocenters. The van der Waals surface area contributed by atoms with E-state index in [1.165, 1.54) is 4.90 Å². The average Bonchev–Trinajstić information content (AvgIpc) is 2.90. The van der Waals surface area contributed by atoms with E-state index in [1.54, 1.807) is 60.4 Å². The maximum absolute atomic E-state index is 13.4. The zero-order valence-electron chi connectivity index (χ0n) is 17.9. The van der Waals surface area contributed by atoms with Crippen molar-refractivity contribution in [2.45, 2.75) is 32.2 Å². The monoisotopic (exact) mass is 435 g/mol. The Kier molecular flexibility index (Phi) is 6.20. The van der Waals surface area contributed by atoms with Gasteiger partial charge in [0.1, 0.15) is 12.6 Å². The summed E-state index contributed by atoms with van der Waals surface area (Å²) in [5, 5.41) is 2.76. The van der Waals surface area contributed by atoms with E-state index in [1.807, 2.05) is 0 Å². The second-order valence-corrected chi connectivity index (χ2v) is 7.80. The van der Waals surface area contributed by atoms with E-state index in [2.05, 4.69) is 5.32 Å². The Morgan fingerprint density at radius 3 is 2.56 bits per heavy atom. The van der Waals surface area contributed by atoms with E-state index in [9.17, 15) is 19.2 Å². The number of esters is 1. The zero-order chi connectivity index (χ0) is 22.7. The smallest absolute Gasteiger partial charge is 0.338 e. The predicted molar refractivity (Wildman–Crippen MR) is 118 cm³/mol. The number of hydrogen-bond acceptors (Lipinski definition) is 5. The largest absolute Gasteiger partial charge is 0.462 e. The molecule has 2 aliphatic heterocycles. The first-order chi connectivity index (χ1) is 15.5. The number of anilines is 2. The summed E-state index contributed by atoms with van der Waals surface area (Å²) in [6.45, 7) is 2.34. The van der Waals surface area contributed by atoms with Crippen molar-refractivity contribution in [1.29, 1.82) is 0 Å². The van der Waals surface area contributed by atoms with Gasteiger partial charge in [-0.05, 0) is 62.6 Å². The molecule has 0 bridgehead atoms. The Hall–Kier alpha value is -3.68. The van der Waals surface area contributed by atoms with Crippen LogP contribution in [0.1, 0.15) is 46.9 Å². The highest BCUT2D eigenvalue weighted by molar-refractivity contribution is 6.13. The standard InChI is InChI=1S/C24H25N3O5/c1-2-32-24(31)16-10-12-17(13-11-16)25-21(28)15-27-19-8-4-3-7-18(19)22(29)26-14-6-5-9-20(26)23(27)30/h3-4,7-8,10-13,20H,2,5-6,9,14-15H2,1H3,(H,25,28)/t20-/m0/s1. The molecule has 0 spiro atoms. The maximum atomic E-state index is 13.4. The third-order valence-electron chi connectivity index (χ3n) is 5.72. The first kappa shape index (κ1) is 21.5. The molecule has 8 nitrogen and oxygen atoms in total. The van der Waals surface area contributed by atoms with Crippen LogP contribution in [0.5, 0.6) is 0 Å². The van der Waals surface area contributed by atoms with Gasteiger partial charge in [-0.15, -0.1) is 0 Å². The van der Waals surface area contributed by atoms with Crippen LogP contribution < -0.4 is 10.2 Å². The summed E-state index contributed by atoms with van der Waals surface area (Å²) in [5.41, 5.74) is 1.76. The Morgan fingerprint density at radius 1 is 1.06 bits per heavy atom. The lowest BCUT2D eigenvalue weighted by atomic mass is 10.0. The molecule has 1 N–H and O–H groups in total. The van der Waals surface area contributed by atoms with Gasteiger partial charge in [-0.2, -0.15) is 0 Å². The van der Waals surface area contributed by atoms with Crippen molar-refractivity contribution in [3.05, 3.63) is 59.7 Å². The van der Waals surface area contributed by atoms with Crippen LogP contribution in [-0.2, 0) is 14.3 Å². The molecule has 166 valence electrons. The van der Waals surface area contributed by atoms with Crippen molar-refractivity contribution in [3.63, 3.8) is 0 Å². The van der Waals surface area contributed by atoms with Crippen molar-refractivity contribution in [2.75, 3.05) is 29.9 Å². The summed E-state index contributed by atoms with van der Waals surface area (Å²) in [5.74, 6) is -1.24. The fraction of sp³-hybridized carbons (Fsp3) is 0.333. The Balaban J connectivity index is 1.54. The Labute approximate surface area is 186 Å². The van der Waals surface area contributed by atoms with Gasteiger partial charge >= 0.3 is 5.97 Å². The second kappa shape index (κ2) is 9.21. The number of nitrogens with zero attached hydrogens (tertiary/aromatic N) is 2. The van der Waals surface area contributed by atoms with Gasteiger partial charge in [-0.25, -0.2) is 4.79 Å². The molecule has 0 aliphatic carbocycles. The van der Waals surface area contributed by atoms with Crippen LogP contribution in [-0.4, -0.2) is 54.3 Å². The number of carbonyl (C=O) groups is 4. The minimum absolute atomic E-state index is 0.170. The highest BCUT2D eigenvalue weighted by atomic mass is 16.5. The van der Waals surface area contributed by atoms with E-state index in [-0.39, 0.29) is 25.0 Å². The highest BCUT2D eigenvalue weighted by Gasteiger charge is 2.40. The number of benzene rings is 2. The number of amides is 3. The zero-order valence-corrected chi connectivity index (χ0v) is 17.9. The molecule has 3 amide bonds. The van der Waals surface area contributed by atoms with Gasteiger partial charge < -0.3 is 19.9 Å². The SMILES string of the molecule is CCOC(=O)c1ccc(NC(=O)CN2C(=O)[C@@H]3CCCCN3C(=O)c3ccccc32)cc1. The van der Waals surface area contributed by atoms with E-state index < -0.39 is 17.9 Å². The molecular weight excluding hydrogens is 410 g/mol. The van der Waals surface area contributed by atoms with Gasteiger partial charge in [-0.3, -0.25) is 14.4 Å². The van der Waals surface area contributed by atoms with Crippen LogP contribution in [0.2, 0.25) is 0 Å². The molecular formula is C24H25N3O5. The molecule has 4 rings (SSSR count). The molecule has 1 atom stereocenters. The first-order valence-corrected chi connectivity index (χ1v) is 10.8. The molecule has 1 fully saturated rings. The number of hydrogen-bond donors (Lipinski definition) is 1. The fourth-order valence-electron chi connectivity index (χ4n) is 4.19. The van der Waals surface area contributed by atoms with Crippen molar-refractivity contribution >= 4 is 35.1 Å². The van der Waals surface area contributed by atoms with Gasteiger partial charge in [0.05, 0.1) is 23.4 Å². The lowest BCUT2D eigenvalue weighted by molar-refractivity contribution is -0.125. The molecule has 8 heteroatoms. The van der Waals surface area contributed by atoms with Gasteiger partial charge in [0, 0.05) is 12.2 Å². The first-order valence-electron chi connectivity index (χ1n) is 10.8. The Bertz CT molecular complexity index is 1050. The van der Waals surface area contributed by atoms with Gasteiger partial charge in [-0.1, -0.05) is 12.1 Å². The van der Waals surface area contributed by atoms with Crippen LogP contribution in [0.15, 0.2) is 48.5 Å². The van der Waals surface area contributed by atoms with E-state index in [0.29, 0.717) is 35.5 Å². The number of ether oxygens (including phenoxy) is 1. The molecule has 0 saturated carbocycles. The van der Waals surface area contributed by atoms with Crippen molar-refractivity contribution in [1.82, 2.24) is 4.90 Å². The number of fused-ring (bicyclic) bond motifs is 2. The molecule has 2 heterocycles. The lowest BCUT2D eigenvalue weighted by Crippen LogP contribution is -2.52. The van der Waals surface area contributed by atoms with Crippen molar-refractivity contribution < 1.29 is 23.9 Å². The van der Waals surface area contributed by atoms with Crippen LogP contribution >= 0.6 is 0 Å². The summed E-state index contributed by atoms with van der Waals surface area (Å²) in [6.07, 6.45) is 2.31. The van der Waals surface area contributed by atoms with E-state index in [0.717, 1.165) is 12.8 Å².